The van der Waals surface area contributed by atoms with Crippen LogP contribution in [0.25, 0.3) is 0 Å². The van der Waals surface area contributed by atoms with Gasteiger partial charge in [0.2, 0.25) is 5.78 Å². The van der Waals surface area contributed by atoms with Crippen molar-refractivity contribution in [1.82, 2.24) is 10.6 Å². The molecule has 0 saturated carbocycles. The second kappa shape index (κ2) is 5.47. The third-order valence-electron chi connectivity index (χ3n) is 2.20. The fourth-order valence-electron chi connectivity index (χ4n) is 1.41. The Hall–Kier alpha value is -1.25. The molecule has 0 aromatic carbocycles. The van der Waals surface area contributed by atoms with Gasteiger partial charge in [0.25, 0.3) is 0 Å². The average Bonchev–Trinajstić information content (AvgIpc) is 2.71. The Kier molecular flexibility index (Phi) is 4.23. The van der Waals surface area contributed by atoms with Crippen LogP contribution in [0.5, 0.6) is 0 Å². The number of Topliss-reactive ketones (excluding diaryl/α,β-unsaturated/α-hetero) is 1. The van der Waals surface area contributed by atoms with E-state index in [1.165, 1.54) is 0 Å². The first-order valence-corrected chi connectivity index (χ1v) is 5.16. The quantitative estimate of drug-likeness (QED) is 0.649. The zero-order chi connectivity index (χ0) is 10.4. The maximum absolute atomic E-state index is 11.8. The first-order chi connectivity index (χ1) is 6.79. The van der Waals surface area contributed by atoms with Crippen molar-refractivity contribution >= 4 is 5.78 Å². The minimum absolute atomic E-state index is 0.0819. The molecule has 0 saturated heterocycles. The Balaban J connectivity index is 2.64. The summed E-state index contributed by atoms with van der Waals surface area (Å²) in [5, 5.41) is 6.02. The van der Waals surface area contributed by atoms with Crippen molar-refractivity contribution < 1.29 is 4.79 Å². The van der Waals surface area contributed by atoms with Gasteiger partial charge in [-0.05, 0) is 12.8 Å². The Morgan fingerprint density at radius 2 is 2.50 bits per heavy atom. The molecular formula is C11H18N2O. The number of rotatable bonds is 5. The number of carbonyl (C=O) groups is 1. The van der Waals surface area contributed by atoms with E-state index in [4.69, 9.17) is 0 Å². The SMILES string of the molecule is CCC/C=C(\NC)C(=O)C1=CCCN1. The molecule has 0 fully saturated rings. The van der Waals surface area contributed by atoms with Crippen LogP contribution in [-0.2, 0) is 4.79 Å². The molecule has 0 bridgehead atoms. The highest BCUT2D eigenvalue weighted by Gasteiger charge is 2.15. The number of hydrogen-bond acceptors (Lipinski definition) is 3. The lowest BCUT2D eigenvalue weighted by Crippen LogP contribution is -2.23. The standard InChI is InChI=1S/C11H18N2O/c1-3-4-6-9(12-2)11(14)10-7-5-8-13-10/h6-7,12-13H,3-5,8H2,1-2H3/b9-6-. The van der Waals surface area contributed by atoms with Crippen LogP contribution in [0.4, 0.5) is 0 Å². The lowest BCUT2D eigenvalue weighted by atomic mass is 10.1. The van der Waals surface area contributed by atoms with E-state index < -0.39 is 0 Å². The third kappa shape index (κ3) is 2.62. The first kappa shape index (κ1) is 10.8. The summed E-state index contributed by atoms with van der Waals surface area (Å²) in [5.41, 5.74) is 1.44. The zero-order valence-corrected chi connectivity index (χ0v) is 8.89. The summed E-state index contributed by atoms with van der Waals surface area (Å²) in [6.07, 6.45) is 6.87. The number of allylic oxidation sites excluding steroid dienone is 1. The first-order valence-electron chi connectivity index (χ1n) is 5.16. The summed E-state index contributed by atoms with van der Waals surface area (Å²) in [6, 6.07) is 0. The number of carbonyl (C=O) groups excluding carboxylic acids is 1. The van der Waals surface area contributed by atoms with Crippen LogP contribution in [0, 0.1) is 0 Å². The van der Waals surface area contributed by atoms with Gasteiger partial charge in [-0.25, -0.2) is 0 Å². The number of likely N-dealkylation sites (N-methyl/N-ethyl adjacent to an activating group) is 1. The largest absolute Gasteiger partial charge is 0.385 e. The summed E-state index contributed by atoms with van der Waals surface area (Å²) >= 11 is 0. The highest BCUT2D eigenvalue weighted by atomic mass is 16.1. The summed E-state index contributed by atoms with van der Waals surface area (Å²) < 4.78 is 0. The summed E-state index contributed by atoms with van der Waals surface area (Å²) in [6.45, 7) is 2.98. The predicted molar refractivity (Wildman–Crippen MR) is 57.8 cm³/mol. The molecule has 0 spiro atoms. The van der Waals surface area contributed by atoms with Gasteiger partial charge < -0.3 is 10.6 Å². The molecule has 0 unspecified atom stereocenters. The molecule has 1 heterocycles. The van der Waals surface area contributed by atoms with Crippen molar-refractivity contribution in [3.8, 4) is 0 Å². The molecule has 14 heavy (non-hydrogen) atoms. The highest BCUT2D eigenvalue weighted by molar-refractivity contribution is 6.07. The van der Waals surface area contributed by atoms with Crippen LogP contribution < -0.4 is 10.6 Å². The van der Waals surface area contributed by atoms with Crippen LogP contribution in [0.2, 0.25) is 0 Å². The molecule has 1 aliphatic heterocycles. The summed E-state index contributed by atoms with van der Waals surface area (Å²) in [5.74, 6) is 0.0819. The molecular weight excluding hydrogens is 176 g/mol. The van der Waals surface area contributed by atoms with E-state index in [1.807, 2.05) is 12.2 Å². The predicted octanol–water partition coefficient (Wildman–Crippen LogP) is 1.34. The fraction of sp³-hybridized carbons (Fsp3) is 0.545. The number of nitrogens with one attached hydrogen (secondary N) is 2. The van der Waals surface area contributed by atoms with Gasteiger partial charge >= 0.3 is 0 Å². The molecule has 1 aliphatic rings. The fourth-order valence-corrected chi connectivity index (χ4v) is 1.41. The number of ketones is 1. The molecule has 0 atom stereocenters. The van der Waals surface area contributed by atoms with Crippen LogP contribution in [-0.4, -0.2) is 19.4 Å². The van der Waals surface area contributed by atoms with E-state index >= 15 is 0 Å². The second-order valence-corrected chi connectivity index (χ2v) is 3.32. The Labute approximate surface area is 85.3 Å². The lowest BCUT2D eigenvalue weighted by Gasteiger charge is -2.07. The van der Waals surface area contributed by atoms with E-state index in [2.05, 4.69) is 17.6 Å². The van der Waals surface area contributed by atoms with Crippen molar-refractivity contribution in [3.05, 3.63) is 23.5 Å². The molecule has 3 nitrogen and oxygen atoms in total. The Bertz CT molecular complexity index is 266. The third-order valence-corrected chi connectivity index (χ3v) is 2.20. The minimum Gasteiger partial charge on any atom is -0.385 e. The molecule has 0 aromatic heterocycles. The summed E-state index contributed by atoms with van der Waals surface area (Å²) in [4.78, 5) is 11.8. The van der Waals surface area contributed by atoms with Gasteiger partial charge in [-0.15, -0.1) is 0 Å². The van der Waals surface area contributed by atoms with Gasteiger partial charge in [0, 0.05) is 13.6 Å². The van der Waals surface area contributed by atoms with Crippen LogP contribution >= 0.6 is 0 Å². The number of unbranched alkanes of at least 4 members (excludes halogenated alkanes) is 1. The van der Waals surface area contributed by atoms with E-state index in [9.17, 15) is 4.79 Å². The average molecular weight is 194 g/mol. The van der Waals surface area contributed by atoms with Crippen molar-refractivity contribution in [2.24, 2.45) is 0 Å². The highest BCUT2D eigenvalue weighted by Crippen LogP contribution is 2.08. The molecule has 0 radical (unpaired) electrons. The van der Waals surface area contributed by atoms with Crippen molar-refractivity contribution in [1.29, 1.82) is 0 Å². The smallest absolute Gasteiger partial charge is 0.223 e. The maximum atomic E-state index is 11.8. The maximum Gasteiger partial charge on any atom is 0.223 e. The van der Waals surface area contributed by atoms with Crippen LogP contribution in [0.3, 0.4) is 0 Å². The Morgan fingerprint density at radius 3 is 3.00 bits per heavy atom. The molecule has 2 N–H and O–H groups in total. The molecule has 0 aliphatic carbocycles. The van der Waals surface area contributed by atoms with Crippen LogP contribution in [0.1, 0.15) is 26.2 Å². The monoisotopic (exact) mass is 194 g/mol. The van der Waals surface area contributed by atoms with E-state index in [0.717, 1.165) is 31.5 Å². The van der Waals surface area contributed by atoms with Crippen molar-refractivity contribution in [3.63, 3.8) is 0 Å². The van der Waals surface area contributed by atoms with E-state index in [1.54, 1.807) is 7.05 Å². The normalized spacial score (nSPS) is 16.1. The van der Waals surface area contributed by atoms with Crippen LogP contribution in [0.15, 0.2) is 23.5 Å². The lowest BCUT2D eigenvalue weighted by molar-refractivity contribution is -0.112. The van der Waals surface area contributed by atoms with Gasteiger partial charge in [-0.1, -0.05) is 25.5 Å². The minimum atomic E-state index is 0.0819. The molecule has 78 valence electrons. The molecule has 3 heteroatoms. The zero-order valence-electron chi connectivity index (χ0n) is 8.89. The van der Waals surface area contributed by atoms with Gasteiger partial charge in [0.1, 0.15) is 0 Å². The van der Waals surface area contributed by atoms with Gasteiger partial charge in [-0.2, -0.15) is 0 Å². The molecule has 0 amide bonds. The topological polar surface area (TPSA) is 41.1 Å². The van der Waals surface area contributed by atoms with Gasteiger partial charge in [0.15, 0.2) is 0 Å². The summed E-state index contributed by atoms with van der Waals surface area (Å²) in [7, 11) is 1.79. The van der Waals surface area contributed by atoms with Crippen molar-refractivity contribution in [2.75, 3.05) is 13.6 Å². The van der Waals surface area contributed by atoms with Crippen molar-refractivity contribution in [2.45, 2.75) is 26.2 Å². The molecule has 0 aromatic rings. The van der Waals surface area contributed by atoms with Gasteiger partial charge in [-0.3, -0.25) is 4.79 Å². The second-order valence-electron chi connectivity index (χ2n) is 3.32. The Morgan fingerprint density at radius 1 is 1.71 bits per heavy atom. The molecule has 1 rings (SSSR count). The number of hydrogen-bond donors (Lipinski definition) is 2. The van der Waals surface area contributed by atoms with E-state index in [0.29, 0.717) is 5.70 Å². The van der Waals surface area contributed by atoms with Gasteiger partial charge in [0.05, 0.1) is 11.4 Å². The van der Waals surface area contributed by atoms with E-state index in [-0.39, 0.29) is 5.78 Å².